The van der Waals surface area contributed by atoms with Crippen molar-refractivity contribution in [2.45, 2.75) is 25.7 Å². The maximum Gasteiger partial charge on any atom is 0.184 e. The lowest BCUT2D eigenvalue weighted by molar-refractivity contribution is -0.163. The molecule has 1 aliphatic rings. The topological polar surface area (TPSA) is 18.5 Å². The standard InChI is InChI=1S/C11H14O2/c1-8-7-9-5-3-4-6-10(9)11(12-2)13-8/h3-6,8,11H,7H2,1-2H3/t8-,11+/m0/s1. The van der Waals surface area contributed by atoms with Crippen LogP contribution in [0.2, 0.25) is 0 Å². The highest BCUT2D eigenvalue weighted by atomic mass is 16.7. The summed E-state index contributed by atoms with van der Waals surface area (Å²) in [5, 5.41) is 0. The number of hydrogen-bond acceptors (Lipinski definition) is 2. The van der Waals surface area contributed by atoms with Gasteiger partial charge in [0.05, 0.1) is 6.10 Å². The Morgan fingerprint density at radius 1 is 1.38 bits per heavy atom. The zero-order valence-electron chi connectivity index (χ0n) is 7.99. The lowest BCUT2D eigenvalue weighted by atomic mass is 9.99. The molecule has 1 aromatic carbocycles. The molecule has 2 rings (SSSR count). The number of rotatable bonds is 1. The molecule has 0 spiro atoms. The Morgan fingerprint density at radius 2 is 2.15 bits per heavy atom. The third-order valence-electron chi connectivity index (χ3n) is 2.39. The highest BCUT2D eigenvalue weighted by Crippen LogP contribution is 2.29. The van der Waals surface area contributed by atoms with E-state index >= 15 is 0 Å². The van der Waals surface area contributed by atoms with Crippen LogP contribution in [0.3, 0.4) is 0 Å². The van der Waals surface area contributed by atoms with Gasteiger partial charge in [0.15, 0.2) is 6.29 Å². The Hall–Kier alpha value is -0.860. The minimum atomic E-state index is -0.181. The van der Waals surface area contributed by atoms with E-state index < -0.39 is 0 Å². The molecule has 0 saturated heterocycles. The molecule has 70 valence electrons. The summed E-state index contributed by atoms with van der Waals surface area (Å²) >= 11 is 0. The highest BCUT2D eigenvalue weighted by Gasteiger charge is 2.23. The van der Waals surface area contributed by atoms with Gasteiger partial charge in [-0.15, -0.1) is 0 Å². The number of benzene rings is 1. The smallest absolute Gasteiger partial charge is 0.184 e. The van der Waals surface area contributed by atoms with E-state index in [4.69, 9.17) is 9.47 Å². The van der Waals surface area contributed by atoms with Crippen LogP contribution in [0.25, 0.3) is 0 Å². The Bertz CT molecular complexity index is 296. The number of methoxy groups -OCH3 is 1. The van der Waals surface area contributed by atoms with Crippen molar-refractivity contribution in [2.75, 3.05) is 7.11 Å². The van der Waals surface area contributed by atoms with Crippen LogP contribution in [0.15, 0.2) is 24.3 Å². The molecule has 2 heteroatoms. The number of hydrogen-bond donors (Lipinski definition) is 0. The predicted molar refractivity (Wildman–Crippen MR) is 50.4 cm³/mol. The van der Waals surface area contributed by atoms with Crippen LogP contribution in [0.4, 0.5) is 0 Å². The second-order valence-corrected chi connectivity index (χ2v) is 3.42. The van der Waals surface area contributed by atoms with Crippen LogP contribution in [0.5, 0.6) is 0 Å². The molecular formula is C11H14O2. The van der Waals surface area contributed by atoms with Gasteiger partial charge in [0.2, 0.25) is 0 Å². The van der Waals surface area contributed by atoms with Gasteiger partial charge in [0, 0.05) is 12.7 Å². The average Bonchev–Trinajstić information content (AvgIpc) is 2.16. The molecule has 0 aliphatic carbocycles. The van der Waals surface area contributed by atoms with Gasteiger partial charge >= 0.3 is 0 Å². The first kappa shape index (κ1) is 8.73. The minimum Gasteiger partial charge on any atom is -0.352 e. The van der Waals surface area contributed by atoms with Crippen molar-refractivity contribution in [2.24, 2.45) is 0 Å². The van der Waals surface area contributed by atoms with Crippen molar-refractivity contribution in [3.8, 4) is 0 Å². The summed E-state index contributed by atoms with van der Waals surface area (Å²) in [7, 11) is 1.68. The minimum absolute atomic E-state index is 0.181. The molecule has 2 atom stereocenters. The van der Waals surface area contributed by atoms with Crippen molar-refractivity contribution in [1.29, 1.82) is 0 Å². The lowest BCUT2D eigenvalue weighted by Crippen LogP contribution is -2.24. The number of ether oxygens (including phenoxy) is 2. The Labute approximate surface area is 78.5 Å². The quantitative estimate of drug-likeness (QED) is 0.657. The van der Waals surface area contributed by atoms with E-state index in [0.717, 1.165) is 6.42 Å². The fourth-order valence-electron chi connectivity index (χ4n) is 1.77. The Kier molecular flexibility index (Phi) is 2.34. The van der Waals surface area contributed by atoms with Crippen LogP contribution < -0.4 is 0 Å². The second-order valence-electron chi connectivity index (χ2n) is 3.42. The molecule has 0 amide bonds. The van der Waals surface area contributed by atoms with E-state index in [1.807, 2.05) is 6.07 Å². The first-order chi connectivity index (χ1) is 6.31. The van der Waals surface area contributed by atoms with Gasteiger partial charge < -0.3 is 9.47 Å². The van der Waals surface area contributed by atoms with Gasteiger partial charge in [0.1, 0.15) is 0 Å². The summed E-state index contributed by atoms with van der Waals surface area (Å²) in [5.74, 6) is 0. The predicted octanol–water partition coefficient (Wildman–Crippen LogP) is 2.29. The van der Waals surface area contributed by atoms with Crippen molar-refractivity contribution >= 4 is 0 Å². The molecule has 0 N–H and O–H groups in total. The zero-order valence-corrected chi connectivity index (χ0v) is 7.99. The molecule has 1 aliphatic heterocycles. The normalized spacial score (nSPS) is 26.9. The van der Waals surface area contributed by atoms with Crippen LogP contribution in [0.1, 0.15) is 24.3 Å². The summed E-state index contributed by atoms with van der Waals surface area (Å²) in [4.78, 5) is 0. The molecule has 1 heterocycles. The molecule has 0 saturated carbocycles. The second kappa shape index (κ2) is 3.48. The third kappa shape index (κ3) is 1.60. The average molecular weight is 178 g/mol. The molecule has 0 radical (unpaired) electrons. The van der Waals surface area contributed by atoms with Crippen LogP contribution in [0, 0.1) is 0 Å². The van der Waals surface area contributed by atoms with E-state index in [1.54, 1.807) is 7.11 Å². The zero-order chi connectivity index (χ0) is 9.26. The molecule has 0 unspecified atom stereocenters. The summed E-state index contributed by atoms with van der Waals surface area (Å²) in [6.45, 7) is 2.07. The van der Waals surface area contributed by atoms with Crippen molar-refractivity contribution in [1.82, 2.24) is 0 Å². The van der Waals surface area contributed by atoms with Crippen LogP contribution >= 0.6 is 0 Å². The van der Waals surface area contributed by atoms with Gasteiger partial charge in [-0.1, -0.05) is 24.3 Å². The van der Waals surface area contributed by atoms with E-state index in [-0.39, 0.29) is 12.4 Å². The maximum atomic E-state index is 5.64. The highest BCUT2D eigenvalue weighted by molar-refractivity contribution is 5.30. The van der Waals surface area contributed by atoms with E-state index in [9.17, 15) is 0 Å². The largest absolute Gasteiger partial charge is 0.352 e. The van der Waals surface area contributed by atoms with Crippen molar-refractivity contribution in [3.63, 3.8) is 0 Å². The molecule has 13 heavy (non-hydrogen) atoms. The van der Waals surface area contributed by atoms with Crippen molar-refractivity contribution < 1.29 is 9.47 Å². The monoisotopic (exact) mass is 178 g/mol. The van der Waals surface area contributed by atoms with Gasteiger partial charge in [0.25, 0.3) is 0 Å². The van der Waals surface area contributed by atoms with Gasteiger partial charge in [-0.05, 0) is 18.9 Å². The van der Waals surface area contributed by atoms with Gasteiger partial charge in [-0.25, -0.2) is 0 Å². The summed E-state index contributed by atoms with van der Waals surface area (Å²) in [6, 6.07) is 8.28. The Morgan fingerprint density at radius 3 is 2.92 bits per heavy atom. The first-order valence-corrected chi connectivity index (χ1v) is 4.57. The summed E-state index contributed by atoms with van der Waals surface area (Å²) in [6.07, 6.45) is 1.05. The van der Waals surface area contributed by atoms with E-state index in [1.165, 1.54) is 11.1 Å². The molecule has 0 aromatic heterocycles. The van der Waals surface area contributed by atoms with E-state index in [0.29, 0.717) is 0 Å². The molecule has 2 nitrogen and oxygen atoms in total. The SMILES string of the molecule is CO[C@@H]1O[C@@H](C)Cc2ccccc21. The number of fused-ring (bicyclic) bond motifs is 1. The first-order valence-electron chi connectivity index (χ1n) is 4.57. The molecular weight excluding hydrogens is 164 g/mol. The van der Waals surface area contributed by atoms with Crippen LogP contribution in [-0.4, -0.2) is 13.2 Å². The maximum absolute atomic E-state index is 5.64. The molecule has 0 fully saturated rings. The van der Waals surface area contributed by atoms with Crippen molar-refractivity contribution in [3.05, 3.63) is 35.4 Å². The summed E-state index contributed by atoms with van der Waals surface area (Å²) < 4.78 is 10.9. The molecule has 0 bridgehead atoms. The van der Waals surface area contributed by atoms with E-state index in [2.05, 4.69) is 25.1 Å². The fraction of sp³-hybridized carbons (Fsp3) is 0.455. The summed E-state index contributed by atoms with van der Waals surface area (Å²) in [5.41, 5.74) is 2.51. The van der Waals surface area contributed by atoms with Gasteiger partial charge in [-0.3, -0.25) is 0 Å². The lowest BCUT2D eigenvalue weighted by Gasteiger charge is -2.29. The van der Waals surface area contributed by atoms with Gasteiger partial charge in [-0.2, -0.15) is 0 Å². The third-order valence-corrected chi connectivity index (χ3v) is 2.39. The fourth-order valence-corrected chi connectivity index (χ4v) is 1.77. The van der Waals surface area contributed by atoms with Crippen LogP contribution in [-0.2, 0) is 15.9 Å². The Balaban J connectivity index is 2.37. The molecule has 1 aromatic rings.